The van der Waals surface area contributed by atoms with Crippen LogP contribution >= 0.6 is 0 Å². The molecule has 1 heterocycles. The number of rotatable bonds is 4. The molecule has 5 aliphatic rings. The lowest BCUT2D eigenvalue weighted by Crippen LogP contribution is -2.54. The highest BCUT2D eigenvalue weighted by molar-refractivity contribution is 5.17. The average Bonchev–Trinajstić information content (AvgIpc) is 3.18. The Labute approximate surface area is 184 Å². The van der Waals surface area contributed by atoms with E-state index in [1.165, 1.54) is 51.4 Å². The van der Waals surface area contributed by atoms with Crippen LogP contribution in [-0.4, -0.2) is 30.0 Å². The molecule has 3 nitrogen and oxygen atoms in total. The molecule has 0 radical (unpaired) electrons. The Kier molecular flexibility index (Phi) is 5.60. The summed E-state index contributed by atoms with van der Waals surface area (Å²) in [7, 11) is 0. The minimum absolute atomic E-state index is 0.0730. The second-order valence-corrected chi connectivity index (χ2v) is 12.8. The fourth-order valence-corrected chi connectivity index (χ4v) is 9.92. The summed E-state index contributed by atoms with van der Waals surface area (Å²) in [5, 5.41) is 11.7. The van der Waals surface area contributed by atoms with Gasteiger partial charge in [-0.25, -0.2) is 0 Å². The van der Waals surface area contributed by atoms with Gasteiger partial charge in [0.15, 0.2) is 0 Å². The minimum atomic E-state index is -0.254. The quantitative estimate of drug-likeness (QED) is 0.644. The molecule has 0 aromatic rings. The lowest BCUT2D eigenvalue weighted by molar-refractivity contribution is -0.140. The van der Waals surface area contributed by atoms with Gasteiger partial charge >= 0.3 is 0 Å². The molecule has 1 saturated heterocycles. The zero-order valence-corrected chi connectivity index (χ0v) is 20.0. The lowest BCUT2D eigenvalue weighted by Gasteiger charge is -2.61. The smallest absolute Gasteiger partial charge is 0.0877 e. The molecule has 0 aromatic heterocycles. The van der Waals surface area contributed by atoms with Crippen LogP contribution in [0, 0.1) is 52.3 Å². The van der Waals surface area contributed by atoms with Crippen LogP contribution in [0.3, 0.4) is 0 Å². The van der Waals surface area contributed by atoms with Crippen LogP contribution in [0.4, 0.5) is 0 Å². The van der Waals surface area contributed by atoms with Crippen LogP contribution in [0.1, 0.15) is 91.9 Å². The summed E-state index contributed by atoms with van der Waals surface area (Å²) in [4.78, 5) is 0. The molecule has 0 amide bonds. The van der Waals surface area contributed by atoms with Gasteiger partial charge in [0.2, 0.25) is 0 Å². The normalized spacial score (nSPS) is 56.0. The molecule has 5 rings (SSSR count). The number of ether oxygens (including phenoxy) is 1. The first kappa shape index (κ1) is 21.7. The van der Waals surface area contributed by atoms with Gasteiger partial charge in [-0.05, 0) is 110 Å². The van der Waals surface area contributed by atoms with Gasteiger partial charge in [-0.1, -0.05) is 40.5 Å². The average molecular weight is 418 g/mol. The first-order chi connectivity index (χ1) is 14.3. The largest absolute Gasteiger partial charge is 0.390 e. The fraction of sp³-hybridized carbons (Fsp3) is 1.00. The van der Waals surface area contributed by atoms with Gasteiger partial charge in [0.25, 0.3) is 0 Å². The highest BCUT2D eigenvalue weighted by atomic mass is 16.5. The third-order valence-electron chi connectivity index (χ3n) is 11.5. The predicted molar refractivity (Wildman–Crippen MR) is 122 cm³/mol. The Balaban J connectivity index is 1.37. The molecular weight excluding hydrogens is 370 g/mol. The van der Waals surface area contributed by atoms with E-state index in [9.17, 15) is 5.11 Å². The van der Waals surface area contributed by atoms with Gasteiger partial charge in [0.1, 0.15) is 0 Å². The number of nitrogens with two attached hydrogens (primary N) is 1. The van der Waals surface area contributed by atoms with Crippen molar-refractivity contribution in [2.45, 2.75) is 110 Å². The highest BCUT2D eigenvalue weighted by Crippen LogP contribution is 2.70. The van der Waals surface area contributed by atoms with E-state index in [0.29, 0.717) is 35.2 Å². The van der Waals surface area contributed by atoms with Crippen molar-refractivity contribution >= 4 is 0 Å². The maximum absolute atomic E-state index is 11.7. The lowest BCUT2D eigenvalue weighted by atomic mass is 9.44. The van der Waals surface area contributed by atoms with Crippen molar-refractivity contribution in [3.63, 3.8) is 0 Å². The Morgan fingerprint density at radius 3 is 2.60 bits per heavy atom. The molecule has 12 atom stereocenters. The number of fused-ring (bicyclic) bond motifs is 7. The molecule has 0 bridgehead atoms. The van der Waals surface area contributed by atoms with Crippen molar-refractivity contribution in [2.24, 2.45) is 58.0 Å². The summed E-state index contributed by atoms with van der Waals surface area (Å²) < 4.78 is 6.68. The first-order valence-corrected chi connectivity index (χ1v) is 13.3. The van der Waals surface area contributed by atoms with Gasteiger partial charge in [0, 0.05) is 0 Å². The van der Waals surface area contributed by atoms with E-state index in [-0.39, 0.29) is 17.6 Å². The van der Waals surface area contributed by atoms with Crippen molar-refractivity contribution in [1.29, 1.82) is 0 Å². The molecule has 3 heteroatoms. The SMILES string of the molecule is CC(CN)CC[C@H]1O[C@H]2C(O)[C@H]3[C@@H]4CCC5CCCC[C@]5(C)[C@H]4CC[C@]3(C)[C@H]2[C@@H]1C. The number of aliphatic hydroxyl groups is 1. The summed E-state index contributed by atoms with van der Waals surface area (Å²) in [6.45, 7) is 10.6. The summed E-state index contributed by atoms with van der Waals surface area (Å²) in [6.07, 6.45) is 13.6. The maximum atomic E-state index is 11.7. The van der Waals surface area contributed by atoms with E-state index in [1.54, 1.807) is 0 Å². The van der Waals surface area contributed by atoms with Crippen molar-refractivity contribution in [2.75, 3.05) is 6.54 Å². The van der Waals surface area contributed by atoms with Crippen LogP contribution in [-0.2, 0) is 4.74 Å². The summed E-state index contributed by atoms with van der Waals surface area (Å²) in [5.41, 5.74) is 6.65. The molecule has 4 saturated carbocycles. The minimum Gasteiger partial charge on any atom is -0.390 e. The van der Waals surface area contributed by atoms with Crippen LogP contribution in [0.2, 0.25) is 0 Å². The van der Waals surface area contributed by atoms with Crippen molar-refractivity contribution in [1.82, 2.24) is 0 Å². The zero-order chi connectivity index (χ0) is 21.3. The fourth-order valence-electron chi connectivity index (χ4n) is 9.92. The Hall–Kier alpha value is -0.120. The molecule has 5 fully saturated rings. The standard InChI is InChI=1S/C27H47NO2/c1-16(15-28)8-11-21-17(2)22-25(30-21)24(29)23-19-10-9-18-7-5-6-13-26(18,3)20(19)12-14-27(22,23)4/h16-25,29H,5-15,28H2,1-4H3/t16?,17-,18?,19-,20+,21-,22+,23-,24?,25-,26+,27-/m1/s1. The van der Waals surface area contributed by atoms with E-state index >= 15 is 0 Å². The molecule has 30 heavy (non-hydrogen) atoms. The molecule has 172 valence electrons. The molecule has 0 aromatic carbocycles. The highest BCUT2D eigenvalue weighted by Gasteiger charge is 2.68. The third-order valence-corrected chi connectivity index (χ3v) is 11.5. The van der Waals surface area contributed by atoms with Crippen LogP contribution in [0.15, 0.2) is 0 Å². The van der Waals surface area contributed by atoms with Gasteiger partial charge < -0.3 is 15.6 Å². The zero-order valence-electron chi connectivity index (χ0n) is 20.0. The van der Waals surface area contributed by atoms with E-state index in [0.717, 1.165) is 37.1 Å². The van der Waals surface area contributed by atoms with E-state index in [1.807, 2.05) is 0 Å². The molecule has 3 unspecified atom stereocenters. The molecular formula is C27H47NO2. The van der Waals surface area contributed by atoms with Gasteiger partial charge in [-0.2, -0.15) is 0 Å². The van der Waals surface area contributed by atoms with Gasteiger partial charge in [-0.3, -0.25) is 0 Å². The van der Waals surface area contributed by atoms with Gasteiger partial charge in [0.05, 0.1) is 18.3 Å². The molecule has 0 spiro atoms. The Bertz CT molecular complexity index is 638. The Morgan fingerprint density at radius 2 is 1.83 bits per heavy atom. The van der Waals surface area contributed by atoms with Crippen molar-refractivity contribution in [3.05, 3.63) is 0 Å². The van der Waals surface area contributed by atoms with Crippen LogP contribution < -0.4 is 5.73 Å². The van der Waals surface area contributed by atoms with E-state index < -0.39 is 0 Å². The molecule has 3 N–H and O–H groups in total. The Morgan fingerprint density at radius 1 is 1.03 bits per heavy atom. The summed E-state index contributed by atoms with van der Waals surface area (Å²) in [6, 6.07) is 0. The van der Waals surface area contributed by atoms with Crippen molar-refractivity contribution in [3.8, 4) is 0 Å². The third kappa shape index (κ3) is 3.00. The topological polar surface area (TPSA) is 55.5 Å². The number of hydrogen-bond acceptors (Lipinski definition) is 3. The summed E-state index contributed by atoms with van der Waals surface area (Å²) in [5.74, 6) is 4.61. The van der Waals surface area contributed by atoms with Crippen molar-refractivity contribution < 1.29 is 9.84 Å². The second-order valence-electron chi connectivity index (χ2n) is 12.8. The summed E-state index contributed by atoms with van der Waals surface area (Å²) >= 11 is 0. The molecule has 4 aliphatic carbocycles. The van der Waals surface area contributed by atoms with E-state index in [2.05, 4.69) is 27.7 Å². The monoisotopic (exact) mass is 417 g/mol. The maximum Gasteiger partial charge on any atom is 0.0877 e. The predicted octanol–water partition coefficient (Wildman–Crippen LogP) is 5.39. The molecule has 1 aliphatic heterocycles. The number of hydrogen-bond donors (Lipinski definition) is 2. The second kappa shape index (κ2) is 7.73. The van der Waals surface area contributed by atoms with Gasteiger partial charge in [-0.15, -0.1) is 0 Å². The van der Waals surface area contributed by atoms with Crippen LogP contribution in [0.25, 0.3) is 0 Å². The van der Waals surface area contributed by atoms with E-state index in [4.69, 9.17) is 10.5 Å². The number of aliphatic hydroxyl groups excluding tert-OH is 1. The van der Waals surface area contributed by atoms with Crippen LogP contribution in [0.5, 0.6) is 0 Å². The first-order valence-electron chi connectivity index (χ1n) is 13.3.